The summed E-state index contributed by atoms with van der Waals surface area (Å²) < 4.78 is 8.35. The molecule has 1 saturated heterocycles. The van der Waals surface area contributed by atoms with Gasteiger partial charge in [0.25, 0.3) is 0 Å². The van der Waals surface area contributed by atoms with E-state index >= 15 is 0 Å². The van der Waals surface area contributed by atoms with Crippen LogP contribution in [0.5, 0.6) is 0 Å². The van der Waals surface area contributed by atoms with Crippen molar-refractivity contribution in [3.8, 4) is 0 Å². The summed E-state index contributed by atoms with van der Waals surface area (Å²) in [5, 5.41) is 1.15. The Morgan fingerprint density at radius 3 is 2.79 bits per heavy atom. The van der Waals surface area contributed by atoms with Crippen LogP contribution in [0, 0.1) is 0 Å². The number of nitrogens with two attached hydrogens (primary N) is 1. The van der Waals surface area contributed by atoms with Crippen molar-refractivity contribution < 1.29 is 4.74 Å². The van der Waals surface area contributed by atoms with E-state index in [1.165, 1.54) is 24.6 Å². The molecule has 0 radical (unpaired) electrons. The first-order chi connectivity index (χ1) is 11.3. The minimum Gasteiger partial charge on any atom is -0.384 e. The molecule has 0 spiro atoms. The van der Waals surface area contributed by atoms with Crippen molar-refractivity contribution in [2.75, 3.05) is 25.9 Å². The predicted molar refractivity (Wildman–Crippen MR) is 103 cm³/mol. The normalized spacial score (nSPS) is 19.4. The maximum atomic E-state index is 6.06. The van der Waals surface area contributed by atoms with E-state index in [1.54, 1.807) is 0 Å². The van der Waals surface area contributed by atoms with Crippen LogP contribution >= 0.6 is 0 Å². The number of ether oxygens (including phenoxy) is 1. The van der Waals surface area contributed by atoms with Crippen LogP contribution in [0.3, 0.4) is 0 Å². The molecule has 2 aromatic rings. The molecule has 1 fully saturated rings. The lowest BCUT2D eigenvalue weighted by molar-refractivity contribution is 0.0857. The number of fused-ring (bicyclic) bond motifs is 1. The maximum absolute atomic E-state index is 6.06. The Kier molecular flexibility index (Phi) is 4.99. The highest BCUT2D eigenvalue weighted by molar-refractivity contribution is 6.76. The summed E-state index contributed by atoms with van der Waals surface area (Å²) in [5.74, 6) is 0.565. The zero-order chi connectivity index (χ0) is 17.3. The van der Waals surface area contributed by atoms with Crippen molar-refractivity contribution in [1.82, 2.24) is 14.5 Å². The van der Waals surface area contributed by atoms with Crippen LogP contribution in [0.25, 0.3) is 10.9 Å². The molecule has 0 aliphatic carbocycles. The number of anilines is 1. The quantitative estimate of drug-likeness (QED) is 0.640. The van der Waals surface area contributed by atoms with Gasteiger partial charge in [0.2, 0.25) is 0 Å². The molecule has 1 atom stereocenters. The Morgan fingerprint density at radius 1 is 1.33 bits per heavy atom. The van der Waals surface area contributed by atoms with E-state index < -0.39 is 8.07 Å². The van der Waals surface area contributed by atoms with Crippen molar-refractivity contribution in [3.63, 3.8) is 0 Å². The van der Waals surface area contributed by atoms with E-state index in [2.05, 4.69) is 47.2 Å². The number of rotatable bonds is 6. The van der Waals surface area contributed by atoms with Crippen LogP contribution in [0.2, 0.25) is 25.7 Å². The molecule has 0 bridgehead atoms. The SMILES string of the molecule is CN1CCC[C@@H]1c1cc2cnc(N)cc2n1COCC[Si](C)(C)C. The number of aromatic nitrogens is 2. The van der Waals surface area contributed by atoms with Crippen LogP contribution in [-0.2, 0) is 11.5 Å². The fourth-order valence-corrected chi connectivity index (χ4v) is 4.19. The third kappa shape index (κ3) is 3.82. The van der Waals surface area contributed by atoms with E-state index in [0.29, 0.717) is 18.6 Å². The number of likely N-dealkylation sites (tertiary alicyclic amines) is 1. The number of pyridine rings is 1. The lowest BCUT2D eigenvalue weighted by Crippen LogP contribution is -2.23. The van der Waals surface area contributed by atoms with Gasteiger partial charge in [0.15, 0.2) is 0 Å². The second kappa shape index (κ2) is 6.86. The molecular formula is C18H30N4OSi. The number of nitrogen functional groups attached to an aromatic ring is 1. The third-order valence-corrected chi connectivity index (χ3v) is 6.62. The van der Waals surface area contributed by atoms with Gasteiger partial charge < -0.3 is 15.0 Å². The zero-order valence-electron chi connectivity index (χ0n) is 15.4. The van der Waals surface area contributed by atoms with Crippen molar-refractivity contribution in [1.29, 1.82) is 0 Å². The van der Waals surface area contributed by atoms with Gasteiger partial charge in [-0.25, -0.2) is 4.98 Å². The second-order valence-corrected chi connectivity index (χ2v) is 13.8. The Hall–Kier alpha value is -1.37. The van der Waals surface area contributed by atoms with Gasteiger partial charge >= 0.3 is 0 Å². The largest absolute Gasteiger partial charge is 0.384 e. The summed E-state index contributed by atoms with van der Waals surface area (Å²) in [5.41, 5.74) is 8.38. The highest BCUT2D eigenvalue weighted by atomic mass is 28.3. The molecule has 132 valence electrons. The molecule has 1 aliphatic rings. The molecule has 3 rings (SSSR count). The molecule has 24 heavy (non-hydrogen) atoms. The highest BCUT2D eigenvalue weighted by Gasteiger charge is 2.26. The van der Waals surface area contributed by atoms with Crippen LogP contribution in [0.1, 0.15) is 24.6 Å². The van der Waals surface area contributed by atoms with Gasteiger partial charge in [0.05, 0.1) is 5.52 Å². The Labute approximate surface area is 145 Å². The predicted octanol–water partition coefficient (Wildman–Crippen LogP) is 3.70. The van der Waals surface area contributed by atoms with E-state index in [0.717, 1.165) is 24.1 Å². The van der Waals surface area contributed by atoms with Crippen molar-refractivity contribution in [2.45, 2.75) is 51.3 Å². The molecule has 6 heteroatoms. The first-order valence-corrected chi connectivity index (χ1v) is 12.6. The monoisotopic (exact) mass is 346 g/mol. The minimum absolute atomic E-state index is 0.458. The average Bonchev–Trinajstić information content (AvgIpc) is 3.06. The second-order valence-electron chi connectivity index (χ2n) is 8.15. The summed E-state index contributed by atoms with van der Waals surface area (Å²) in [6.07, 6.45) is 4.33. The smallest absolute Gasteiger partial charge is 0.125 e. The molecule has 5 nitrogen and oxygen atoms in total. The van der Waals surface area contributed by atoms with Crippen LogP contribution in [0.15, 0.2) is 18.3 Å². The summed E-state index contributed by atoms with van der Waals surface area (Å²) in [4.78, 5) is 6.69. The van der Waals surface area contributed by atoms with Gasteiger partial charge in [-0.3, -0.25) is 4.90 Å². The summed E-state index contributed by atoms with van der Waals surface area (Å²) in [6.45, 7) is 9.72. The van der Waals surface area contributed by atoms with Gasteiger partial charge in [-0.1, -0.05) is 19.6 Å². The van der Waals surface area contributed by atoms with Gasteiger partial charge in [-0.15, -0.1) is 0 Å². The lowest BCUT2D eigenvalue weighted by atomic mass is 10.1. The third-order valence-electron chi connectivity index (χ3n) is 4.92. The molecular weight excluding hydrogens is 316 g/mol. The number of nitrogens with zero attached hydrogens (tertiary/aromatic N) is 3. The fraction of sp³-hybridized carbons (Fsp3) is 0.611. The maximum Gasteiger partial charge on any atom is 0.125 e. The Bertz CT molecular complexity index is 707. The van der Waals surface area contributed by atoms with E-state index in [-0.39, 0.29) is 0 Å². The first-order valence-electron chi connectivity index (χ1n) is 8.88. The summed E-state index contributed by atoms with van der Waals surface area (Å²) >= 11 is 0. The molecule has 0 amide bonds. The van der Waals surface area contributed by atoms with E-state index in [4.69, 9.17) is 10.5 Å². The Balaban J connectivity index is 1.86. The number of hydrogen-bond acceptors (Lipinski definition) is 4. The molecule has 1 aliphatic heterocycles. The van der Waals surface area contributed by atoms with E-state index in [9.17, 15) is 0 Å². The van der Waals surface area contributed by atoms with Crippen LogP contribution < -0.4 is 5.73 Å². The molecule has 2 aromatic heterocycles. The standard InChI is InChI=1S/C18H30N4OSi/c1-21-7-5-6-15(21)17-10-14-12-20-18(19)11-16(14)22(17)13-23-8-9-24(2,3)4/h10-12,15H,5-9,13H2,1-4H3,(H2,19,20)/t15-/m1/s1. The number of hydrogen-bond donors (Lipinski definition) is 1. The Morgan fingerprint density at radius 2 is 2.12 bits per heavy atom. The zero-order valence-corrected chi connectivity index (χ0v) is 16.4. The highest BCUT2D eigenvalue weighted by Crippen LogP contribution is 2.34. The molecule has 0 unspecified atom stereocenters. The molecule has 2 N–H and O–H groups in total. The van der Waals surface area contributed by atoms with Gasteiger partial charge in [-0.05, 0) is 38.5 Å². The van der Waals surface area contributed by atoms with Gasteiger partial charge in [0.1, 0.15) is 12.5 Å². The first kappa shape index (κ1) is 17.4. The average molecular weight is 347 g/mol. The molecule has 0 saturated carbocycles. The molecule has 3 heterocycles. The van der Waals surface area contributed by atoms with Gasteiger partial charge in [0, 0.05) is 44.1 Å². The minimum atomic E-state index is -1.06. The summed E-state index contributed by atoms with van der Waals surface area (Å²) in [6, 6.07) is 5.87. The summed E-state index contributed by atoms with van der Waals surface area (Å²) in [7, 11) is 1.14. The van der Waals surface area contributed by atoms with Crippen molar-refractivity contribution in [3.05, 3.63) is 24.0 Å². The lowest BCUT2D eigenvalue weighted by Gasteiger charge is -2.22. The fourth-order valence-electron chi connectivity index (χ4n) is 3.43. The molecule has 0 aromatic carbocycles. The van der Waals surface area contributed by atoms with Crippen molar-refractivity contribution in [2.24, 2.45) is 0 Å². The van der Waals surface area contributed by atoms with Gasteiger partial charge in [-0.2, -0.15) is 0 Å². The van der Waals surface area contributed by atoms with Crippen LogP contribution in [0.4, 0.5) is 5.82 Å². The van der Waals surface area contributed by atoms with Crippen LogP contribution in [-0.4, -0.2) is 42.7 Å². The van der Waals surface area contributed by atoms with E-state index in [1.807, 2.05) is 12.3 Å². The van der Waals surface area contributed by atoms with Crippen molar-refractivity contribution >= 4 is 24.8 Å². The topological polar surface area (TPSA) is 56.3 Å².